The molecule has 2 heterocycles. The number of thiazole rings is 1. The standard InChI is InChI=1S/C21H26N4OS/c1-13-3-2-4-18(22-13)24-20-23-17(12-27-20)8-19(26)25-21-9-14-5-15(10-21)7-16(6-14)11-21/h2-4,12,14-16H,5-11H2,1H3,(H,25,26)(H,22,23,24). The van der Waals surface area contributed by atoms with Gasteiger partial charge in [0.1, 0.15) is 5.82 Å². The molecule has 4 bridgehead atoms. The molecule has 0 saturated heterocycles. The molecule has 6 heteroatoms. The summed E-state index contributed by atoms with van der Waals surface area (Å²) in [4.78, 5) is 21.7. The maximum atomic E-state index is 12.7. The molecule has 27 heavy (non-hydrogen) atoms. The highest BCUT2D eigenvalue weighted by Gasteiger charge is 2.51. The molecule has 4 saturated carbocycles. The van der Waals surface area contributed by atoms with Crippen molar-refractivity contribution in [2.75, 3.05) is 5.32 Å². The molecule has 4 aliphatic rings. The molecule has 0 radical (unpaired) electrons. The Kier molecular flexibility index (Phi) is 4.19. The molecular formula is C21H26N4OS. The average molecular weight is 383 g/mol. The molecule has 6 rings (SSSR count). The predicted molar refractivity (Wildman–Crippen MR) is 107 cm³/mol. The fraction of sp³-hybridized carbons (Fsp3) is 0.571. The second-order valence-corrected chi connectivity index (χ2v) is 9.71. The van der Waals surface area contributed by atoms with Crippen LogP contribution in [-0.4, -0.2) is 21.4 Å². The summed E-state index contributed by atoms with van der Waals surface area (Å²) < 4.78 is 0. The van der Waals surface area contributed by atoms with Gasteiger partial charge in [0.25, 0.3) is 0 Å². The molecular weight excluding hydrogens is 356 g/mol. The molecule has 0 unspecified atom stereocenters. The van der Waals surface area contributed by atoms with Gasteiger partial charge in [-0.3, -0.25) is 4.79 Å². The normalized spacial score (nSPS) is 31.1. The van der Waals surface area contributed by atoms with Crippen molar-refractivity contribution in [3.63, 3.8) is 0 Å². The van der Waals surface area contributed by atoms with Gasteiger partial charge in [0, 0.05) is 16.6 Å². The lowest BCUT2D eigenvalue weighted by Crippen LogP contribution is -2.60. The van der Waals surface area contributed by atoms with Gasteiger partial charge in [-0.1, -0.05) is 6.07 Å². The van der Waals surface area contributed by atoms with E-state index in [0.717, 1.165) is 40.1 Å². The van der Waals surface area contributed by atoms with Crippen molar-refractivity contribution in [3.05, 3.63) is 35.0 Å². The molecule has 1 amide bonds. The van der Waals surface area contributed by atoms with Crippen molar-refractivity contribution < 1.29 is 4.79 Å². The summed E-state index contributed by atoms with van der Waals surface area (Å²) in [6.45, 7) is 1.97. The van der Waals surface area contributed by atoms with Gasteiger partial charge in [0.2, 0.25) is 5.91 Å². The van der Waals surface area contributed by atoms with Crippen molar-refractivity contribution in [2.24, 2.45) is 17.8 Å². The number of nitrogens with zero attached hydrogens (tertiary/aromatic N) is 2. The highest BCUT2D eigenvalue weighted by atomic mass is 32.1. The number of amides is 1. The van der Waals surface area contributed by atoms with Crippen LogP contribution in [0, 0.1) is 24.7 Å². The molecule has 4 aliphatic carbocycles. The summed E-state index contributed by atoms with van der Waals surface area (Å²) >= 11 is 1.52. The Morgan fingerprint density at radius 2 is 1.85 bits per heavy atom. The number of aryl methyl sites for hydroxylation is 1. The molecule has 2 aromatic heterocycles. The lowest BCUT2D eigenvalue weighted by Gasteiger charge is -2.56. The third-order valence-corrected chi connectivity index (χ3v) is 7.27. The lowest BCUT2D eigenvalue weighted by atomic mass is 9.53. The van der Waals surface area contributed by atoms with Crippen LogP contribution in [0.1, 0.15) is 49.9 Å². The Bertz CT molecular complexity index is 826. The third kappa shape index (κ3) is 3.59. The summed E-state index contributed by atoms with van der Waals surface area (Å²) in [5, 5.41) is 9.41. The van der Waals surface area contributed by atoms with E-state index in [4.69, 9.17) is 0 Å². The van der Waals surface area contributed by atoms with E-state index in [1.807, 2.05) is 30.5 Å². The monoisotopic (exact) mass is 382 g/mol. The highest BCUT2D eigenvalue weighted by molar-refractivity contribution is 7.13. The summed E-state index contributed by atoms with van der Waals surface area (Å²) in [6, 6.07) is 5.86. The van der Waals surface area contributed by atoms with Crippen LogP contribution in [0.25, 0.3) is 0 Å². The van der Waals surface area contributed by atoms with E-state index in [-0.39, 0.29) is 11.4 Å². The zero-order chi connectivity index (χ0) is 18.4. The van der Waals surface area contributed by atoms with E-state index in [9.17, 15) is 4.79 Å². The smallest absolute Gasteiger partial charge is 0.226 e. The number of carbonyl (C=O) groups is 1. The Hall–Kier alpha value is -1.95. The van der Waals surface area contributed by atoms with Crippen LogP contribution in [0.5, 0.6) is 0 Å². The third-order valence-electron chi connectivity index (χ3n) is 6.46. The van der Waals surface area contributed by atoms with Crippen LogP contribution in [0.15, 0.2) is 23.6 Å². The number of aromatic nitrogens is 2. The largest absolute Gasteiger partial charge is 0.350 e. The van der Waals surface area contributed by atoms with Crippen LogP contribution in [-0.2, 0) is 11.2 Å². The Morgan fingerprint density at radius 3 is 2.52 bits per heavy atom. The van der Waals surface area contributed by atoms with Gasteiger partial charge in [-0.25, -0.2) is 9.97 Å². The molecule has 5 nitrogen and oxygen atoms in total. The SMILES string of the molecule is Cc1cccc(Nc2nc(CC(=O)NC34CC5CC(CC(C5)C3)C4)cs2)n1. The molecule has 0 atom stereocenters. The van der Waals surface area contributed by atoms with Gasteiger partial charge >= 0.3 is 0 Å². The Labute approximate surface area is 164 Å². The first-order valence-corrected chi connectivity index (χ1v) is 10.9. The van der Waals surface area contributed by atoms with E-state index in [1.165, 1.54) is 49.9 Å². The first-order valence-electron chi connectivity index (χ1n) is 10.0. The summed E-state index contributed by atoms with van der Waals surface area (Å²) in [5.41, 5.74) is 1.87. The van der Waals surface area contributed by atoms with E-state index in [1.54, 1.807) is 0 Å². The quantitative estimate of drug-likeness (QED) is 0.813. The Balaban J connectivity index is 1.21. The highest BCUT2D eigenvalue weighted by Crippen LogP contribution is 2.55. The minimum atomic E-state index is 0.0778. The minimum absolute atomic E-state index is 0.0778. The molecule has 0 spiro atoms. The van der Waals surface area contributed by atoms with E-state index in [2.05, 4.69) is 20.6 Å². The molecule has 2 N–H and O–H groups in total. The van der Waals surface area contributed by atoms with Crippen molar-refractivity contribution in [2.45, 2.75) is 57.4 Å². The number of pyridine rings is 1. The van der Waals surface area contributed by atoms with Crippen LogP contribution in [0.2, 0.25) is 0 Å². The molecule has 0 aromatic carbocycles. The molecule has 142 valence electrons. The van der Waals surface area contributed by atoms with Crippen LogP contribution < -0.4 is 10.6 Å². The van der Waals surface area contributed by atoms with Crippen LogP contribution >= 0.6 is 11.3 Å². The molecule has 2 aromatic rings. The van der Waals surface area contributed by atoms with E-state index >= 15 is 0 Å². The van der Waals surface area contributed by atoms with Crippen molar-refractivity contribution in [1.82, 2.24) is 15.3 Å². The second-order valence-electron chi connectivity index (χ2n) is 8.86. The van der Waals surface area contributed by atoms with Gasteiger partial charge < -0.3 is 10.6 Å². The molecule has 0 aliphatic heterocycles. The number of nitrogens with one attached hydrogen (secondary N) is 2. The van der Waals surface area contributed by atoms with E-state index in [0.29, 0.717) is 6.42 Å². The van der Waals surface area contributed by atoms with Gasteiger partial charge in [0.05, 0.1) is 12.1 Å². The van der Waals surface area contributed by atoms with Crippen molar-refractivity contribution >= 4 is 28.2 Å². The lowest BCUT2D eigenvalue weighted by molar-refractivity contribution is -0.126. The van der Waals surface area contributed by atoms with Crippen molar-refractivity contribution in [3.8, 4) is 0 Å². The van der Waals surface area contributed by atoms with Crippen LogP contribution in [0.4, 0.5) is 10.9 Å². The number of hydrogen-bond acceptors (Lipinski definition) is 5. The van der Waals surface area contributed by atoms with E-state index < -0.39 is 0 Å². The predicted octanol–water partition coefficient (Wildman–Crippen LogP) is 4.22. The number of anilines is 2. The fourth-order valence-electron chi connectivity index (χ4n) is 5.94. The average Bonchev–Trinajstić information content (AvgIpc) is 2.99. The summed E-state index contributed by atoms with van der Waals surface area (Å²) in [7, 11) is 0. The summed E-state index contributed by atoms with van der Waals surface area (Å²) in [6.07, 6.45) is 8.10. The Morgan fingerprint density at radius 1 is 1.15 bits per heavy atom. The number of carbonyl (C=O) groups excluding carboxylic acids is 1. The zero-order valence-corrected chi connectivity index (χ0v) is 16.5. The maximum absolute atomic E-state index is 12.7. The van der Waals surface area contributed by atoms with Gasteiger partial charge in [-0.05, 0) is 75.3 Å². The summed E-state index contributed by atoms with van der Waals surface area (Å²) in [5.74, 6) is 3.44. The van der Waals surface area contributed by atoms with Crippen molar-refractivity contribution in [1.29, 1.82) is 0 Å². The molecule has 4 fully saturated rings. The van der Waals surface area contributed by atoms with Gasteiger partial charge in [0.15, 0.2) is 5.13 Å². The fourth-order valence-corrected chi connectivity index (χ4v) is 6.65. The number of hydrogen-bond donors (Lipinski definition) is 2. The first kappa shape index (κ1) is 17.2. The maximum Gasteiger partial charge on any atom is 0.226 e. The topological polar surface area (TPSA) is 66.9 Å². The zero-order valence-electron chi connectivity index (χ0n) is 15.7. The van der Waals surface area contributed by atoms with Gasteiger partial charge in [-0.15, -0.1) is 11.3 Å². The minimum Gasteiger partial charge on any atom is -0.350 e. The first-order chi connectivity index (χ1) is 13.1. The second kappa shape index (κ2) is 6.59. The number of rotatable bonds is 5. The van der Waals surface area contributed by atoms with Crippen LogP contribution in [0.3, 0.4) is 0 Å². The van der Waals surface area contributed by atoms with Gasteiger partial charge in [-0.2, -0.15) is 0 Å².